The molecule has 192 valence electrons. The van der Waals surface area contributed by atoms with Gasteiger partial charge in [-0.1, -0.05) is 48.5 Å². The molecule has 0 radical (unpaired) electrons. The maximum absolute atomic E-state index is 13.4. The first-order chi connectivity index (χ1) is 17.1. The second-order valence-electron chi connectivity index (χ2n) is 10.5. The molecule has 1 fully saturated rings. The van der Waals surface area contributed by atoms with E-state index in [-0.39, 0.29) is 12.6 Å². The van der Waals surface area contributed by atoms with E-state index in [1.807, 2.05) is 75.4 Å². The zero-order valence-electron chi connectivity index (χ0n) is 21.7. The molecule has 2 aromatic rings. The van der Waals surface area contributed by atoms with Gasteiger partial charge in [0.25, 0.3) is 0 Å². The van der Waals surface area contributed by atoms with E-state index in [0.717, 1.165) is 16.7 Å². The van der Waals surface area contributed by atoms with Crippen molar-refractivity contribution in [3.63, 3.8) is 0 Å². The summed E-state index contributed by atoms with van der Waals surface area (Å²) in [4.78, 5) is 26.4. The molecule has 3 aliphatic rings. The molecule has 0 unspecified atom stereocenters. The van der Waals surface area contributed by atoms with Gasteiger partial charge in [-0.15, -0.1) is 0 Å². The Kier molecular flexibility index (Phi) is 7.03. The molecule has 0 atom stereocenters. The number of para-hydroxylation sites is 1. The van der Waals surface area contributed by atoms with E-state index in [0.29, 0.717) is 37.2 Å². The van der Waals surface area contributed by atoms with Gasteiger partial charge in [-0.2, -0.15) is 0 Å². The maximum Gasteiger partial charge on any atom is 0.408 e. The van der Waals surface area contributed by atoms with Crippen molar-refractivity contribution < 1.29 is 28.5 Å². The molecule has 3 aliphatic carbocycles. The number of carbonyl (C=O) groups excluding carboxylic acids is 2. The van der Waals surface area contributed by atoms with E-state index in [2.05, 4.69) is 5.32 Å². The van der Waals surface area contributed by atoms with Gasteiger partial charge in [0.1, 0.15) is 12.2 Å². The van der Waals surface area contributed by atoms with Crippen molar-refractivity contribution in [2.45, 2.75) is 64.2 Å². The Morgan fingerprint density at radius 3 is 2.22 bits per heavy atom. The maximum atomic E-state index is 13.4. The number of benzene rings is 2. The van der Waals surface area contributed by atoms with Crippen LogP contribution in [-0.4, -0.2) is 37.4 Å². The minimum absolute atomic E-state index is 0.173. The highest BCUT2D eigenvalue weighted by Gasteiger charge is 2.55. The van der Waals surface area contributed by atoms with Crippen molar-refractivity contribution in [3.05, 3.63) is 65.7 Å². The molecule has 0 heterocycles. The summed E-state index contributed by atoms with van der Waals surface area (Å²) in [5.74, 6) is 0.886. The van der Waals surface area contributed by atoms with Gasteiger partial charge in [0.05, 0.1) is 25.2 Å². The summed E-state index contributed by atoms with van der Waals surface area (Å²) in [5, 5.41) is 3.15. The fraction of sp³-hybridized carbons (Fsp3) is 0.448. The Balaban J connectivity index is 1.71. The molecule has 1 saturated carbocycles. The molecule has 5 rings (SSSR count). The number of nitrogens with one attached hydrogen (secondary N) is 1. The molecule has 0 aromatic heterocycles. The molecule has 0 spiro atoms. The molecule has 2 aromatic carbocycles. The predicted molar refractivity (Wildman–Crippen MR) is 137 cm³/mol. The van der Waals surface area contributed by atoms with E-state index in [9.17, 15) is 9.59 Å². The van der Waals surface area contributed by atoms with Crippen LogP contribution in [-0.2, 0) is 20.9 Å². The van der Waals surface area contributed by atoms with Gasteiger partial charge in [-0.05, 0) is 63.7 Å². The smallest absolute Gasteiger partial charge is 0.408 e. The quantitative estimate of drug-likeness (QED) is 0.501. The van der Waals surface area contributed by atoms with Gasteiger partial charge >= 0.3 is 12.1 Å². The van der Waals surface area contributed by atoms with Gasteiger partial charge in [0.2, 0.25) is 0 Å². The van der Waals surface area contributed by atoms with E-state index < -0.39 is 22.6 Å². The van der Waals surface area contributed by atoms with Crippen LogP contribution in [0.1, 0.15) is 57.6 Å². The first kappa shape index (κ1) is 25.6. The number of esters is 1. The first-order valence-corrected chi connectivity index (χ1v) is 12.3. The van der Waals surface area contributed by atoms with Gasteiger partial charge in [-0.3, -0.25) is 4.79 Å². The first-order valence-electron chi connectivity index (χ1n) is 12.3. The Bertz CT molecular complexity index is 1140. The van der Waals surface area contributed by atoms with Crippen LogP contribution in [0, 0.1) is 5.41 Å². The third kappa shape index (κ3) is 5.06. The lowest BCUT2D eigenvalue weighted by atomic mass is 9.57. The molecule has 1 amide bonds. The van der Waals surface area contributed by atoms with Crippen LogP contribution in [0.25, 0.3) is 5.57 Å². The number of amides is 1. The van der Waals surface area contributed by atoms with Gasteiger partial charge in [0.15, 0.2) is 11.5 Å². The average molecular weight is 494 g/mol. The molecule has 1 N–H and O–H groups in total. The monoisotopic (exact) mass is 493 g/mol. The summed E-state index contributed by atoms with van der Waals surface area (Å²) in [5.41, 5.74) is 0.418. The number of methoxy groups -OCH3 is 2. The Hall–Kier alpha value is -3.48. The second kappa shape index (κ2) is 9.88. The topological polar surface area (TPSA) is 83.1 Å². The van der Waals surface area contributed by atoms with Gasteiger partial charge in [-0.25, -0.2) is 4.79 Å². The van der Waals surface area contributed by atoms with E-state index in [4.69, 9.17) is 18.9 Å². The van der Waals surface area contributed by atoms with Crippen molar-refractivity contribution >= 4 is 17.6 Å². The average Bonchev–Trinajstić information content (AvgIpc) is 2.87. The molecular weight excluding hydrogens is 458 g/mol. The standard InChI is InChI=1S/C29H35NO6/c1-27(2,3)36-25(31)28-14-16-29(17-15-28,30-26(32)35-19-20-10-7-6-8-11-20)22(18-28)21-12-9-13-23(33-4)24(21)34-5/h6-13,18H,14-17,19H2,1-5H3,(H,30,32). The number of carbonyl (C=O) groups is 2. The molecule has 7 nitrogen and oxygen atoms in total. The summed E-state index contributed by atoms with van der Waals surface area (Å²) in [7, 11) is 3.17. The molecular formula is C29H35NO6. The number of fused-ring (bicyclic) bond motifs is 2. The number of alkyl carbamates (subject to hydrolysis) is 1. The fourth-order valence-electron chi connectivity index (χ4n) is 5.18. The number of ether oxygens (including phenoxy) is 4. The van der Waals surface area contributed by atoms with E-state index in [1.165, 1.54) is 0 Å². The molecule has 36 heavy (non-hydrogen) atoms. The zero-order valence-corrected chi connectivity index (χ0v) is 21.7. The van der Waals surface area contributed by atoms with Crippen LogP contribution in [0.4, 0.5) is 4.79 Å². The Morgan fingerprint density at radius 2 is 1.61 bits per heavy atom. The van der Waals surface area contributed by atoms with Gasteiger partial charge in [0, 0.05) is 5.56 Å². The normalized spacial score (nSPS) is 22.9. The summed E-state index contributed by atoms with van der Waals surface area (Å²) in [6, 6.07) is 15.2. The summed E-state index contributed by atoms with van der Waals surface area (Å²) in [6.07, 6.45) is 3.74. The van der Waals surface area contributed by atoms with Crippen LogP contribution >= 0.6 is 0 Å². The summed E-state index contributed by atoms with van der Waals surface area (Å²) >= 11 is 0. The number of rotatable bonds is 7. The highest BCUT2D eigenvalue weighted by molar-refractivity contribution is 5.90. The molecule has 7 heteroatoms. The molecule has 2 bridgehead atoms. The van der Waals surface area contributed by atoms with Crippen molar-refractivity contribution in [1.29, 1.82) is 0 Å². The minimum atomic E-state index is -0.770. The SMILES string of the molecule is COc1cccc(C2=CC3(C(=O)OC(C)(C)C)CCC2(NC(=O)OCc2ccccc2)CC3)c1OC. The van der Waals surface area contributed by atoms with Gasteiger partial charge < -0.3 is 24.3 Å². The van der Waals surface area contributed by atoms with E-state index in [1.54, 1.807) is 14.2 Å². The molecule has 0 aliphatic heterocycles. The van der Waals surface area contributed by atoms with E-state index >= 15 is 0 Å². The van der Waals surface area contributed by atoms with Crippen molar-refractivity contribution in [3.8, 4) is 11.5 Å². The number of hydrogen-bond acceptors (Lipinski definition) is 6. The lowest BCUT2D eigenvalue weighted by Gasteiger charge is -2.51. The van der Waals surface area contributed by atoms with Crippen LogP contribution in [0.15, 0.2) is 54.6 Å². The van der Waals surface area contributed by atoms with Crippen LogP contribution in [0.5, 0.6) is 11.5 Å². The Labute approximate surface area is 212 Å². The van der Waals surface area contributed by atoms with Crippen LogP contribution < -0.4 is 14.8 Å². The number of hydrogen-bond donors (Lipinski definition) is 1. The fourth-order valence-corrected chi connectivity index (χ4v) is 5.18. The third-order valence-electron chi connectivity index (χ3n) is 6.98. The van der Waals surface area contributed by atoms with Crippen molar-refractivity contribution in [2.75, 3.05) is 14.2 Å². The second-order valence-corrected chi connectivity index (χ2v) is 10.5. The third-order valence-corrected chi connectivity index (χ3v) is 6.98. The minimum Gasteiger partial charge on any atom is -0.493 e. The molecule has 0 saturated heterocycles. The highest BCUT2D eigenvalue weighted by Crippen LogP contribution is 2.56. The predicted octanol–water partition coefficient (Wildman–Crippen LogP) is 5.67. The van der Waals surface area contributed by atoms with Crippen molar-refractivity contribution in [2.24, 2.45) is 5.41 Å². The van der Waals surface area contributed by atoms with Crippen LogP contribution in [0.3, 0.4) is 0 Å². The highest BCUT2D eigenvalue weighted by atomic mass is 16.6. The summed E-state index contributed by atoms with van der Waals surface area (Å²) < 4.78 is 22.7. The summed E-state index contributed by atoms with van der Waals surface area (Å²) in [6.45, 7) is 5.79. The Morgan fingerprint density at radius 1 is 0.917 bits per heavy atom. The lowest BCUT2D eigenvalue weighted by Crippen LogP contribution is -2.58. The zero-order chi connectivity index (χ0) is 26.0. The van der Waals surface area contributed by atoms with Crippen LogP contribution in [0.2, 0.25) is 0 Å². The van der Waals surface area contributed by atoms with Crippen molar-refractivity contribution in [1.82, 2.24) is 5.32 Å². The lowest BCUT2D eigenvalue weighted by molar-refractivity contribution is -0.167. The largest absolute Gasteiger partial charge is 0.493 e.